The molecule has 0 atom stereocenters. The number of hydrogen-bond acceptors (Lipinski definition) is 15. The molecule has 8 aromatic carbocycles. The molecule has 506 valence electrons. The van der Waals surface area contributed by atoms with Gasteiger partial charge in [-0.15, -0.1) is 0 Å². The van der Waals surface area contributed by atoms with Crippen LogP contribution in [-0.2, 0) is 41.8 Å². The van der Waals surface area contributed by atoms with Gasteiger partial charge in [0.2, 0.25) is 23.3 Å². The van der Waals surface area contributed by atoms with Crippen molar-refractivity contribution in [2.24, 2.45) is 10.7 Å². The maximum Gasteiger partial charge on any atom is 1.00 e. The zero-order valence-corrected chi connectivity index (χ0v) is 73.4. The number of hydrogen-bond donors (Lipinski definition) is 8. The molecule has 0 unspecified atom stereocenters. The number of nitrogens with one attached hydrogen (secondary N) is 4. The molecule has 5 heterocycles. The van der Waals surface area contributed by atoms with Gasteiger partial charge in [0, 0.05) is 103 Å². The number of nitrogens with two attached hydrogens (primary N) is 1. The van der Waals surface area contributed by atoms with Gasteiger partial charge in [0.25, 0.3) is 11.9 Å². The molecule has 0 saturated heterocycles. The van der Waals surface area contributed by atoms with Crippen molar-refractivity contribution in [3.8, 4) is 11.5 Å². The van der Waals surface area contributed by atoms with Crippen LogP contribution in [0.4, 0.5) is 34.0 Å². The summed E-state index contributed by atoms with van der Waals surface area (Å²) in [7, 11) is -1.65. The number of aliphatic carboxylic acids is 2. The van der Waals surface area contributed by atoms with Crippen LogP contribution in [0, 0.1) is 13.8 Å². The fourth-order valence-electron chi connectivity index (χ4n) is 10.3. The Bertz CT molecular complexity index is 4220. The minimum atomic E-state index is -2.08. The molecule has 2 aliphatic heterocycles. The number of aromatic nitrogens is 6. The predicted molar refractivity (Wildman–Crippen MR) is 390 cm³/mol. The van der Waals surface area contributed by atoms with E-state index < -0.39 is 33.9 Å². The summed E-state index contributed by atoms with van der Waals surface area (Å²) in [5.41, 5.74) is 14.1. The van der Waals surface area contributed by atoms with Crippen molar-refractivity contribution in [2.75, 3.05) is 16.0 Å². The Hall–Kier alpha value is -5.81. The molecule has 11 aromatic rings. The van der Waals surface area contributed by atoms with Crippen molar-refractivity contribution in [1.82, 2.24) is 29.9 Å². The SMILES string of the molecule is CC(=O)O.CC(=O)O.CC1(C)c2cccc(P(c3ccccc3)c3ccccc3)c2Oc2c(P(c3ccccc3)c3ccccc3)cccc21.Cc1cnc(Cl)nc1NC1CC1.Cc1cnc(Nc2nc3ccccc3[nH]2)nc1NC1CC1.NC1=Nc2ccccc2C1.O=C([O-])O.[Cs+].[Cs+].[Pd]. The average molecular weight is 1730 g/mol. The number of carboxylic acids is 2. The third-order valence-corrected chi connectivity index (χ3v) is 20.2. The second-order valence-electron chi connectivity index (χ2n) is 23.2. The summed E-state index contributed by atoms with van der Waals surface area (Å²) in [4.78, 5) is 55.1. The van der Waals surface area contributed by atoms with Crippen LogP contribution in [0.5, 0.6) is 11.5 Å². The van der Waals surface area contributed by atoms with Gasteiger partial charge in [-0.25, -0.2) is 24.9 Å². The largest absolute Gasteiger partial charge is 1.00 e. The number of benzene rings is 8. The van der Waals surface area contributed by atoms with E-state index in [1.807, 2.05) is 62.5 Å². The number of halogens is 1. The fourth-order valence-corrected chi connectivity index (χ4v) is 15.3. The van der Waals surface area contributed by atoms with E-state index in [2.05, 4.69) is 228 Å². The van der Waals surface area contributed by atoms with Crippen molar-refractivity contribution in [2.45, 2.75) is 91.1 Å². The Kier molecular flexibility index (Phi) is 34.0. The van der Waals surface area contributed by atoms with Crippen LogP contribution in [0.15, 0.2) is 224 Å². The predicted octanol–water partition coefficient (Wildman–Crippen LogP) is 6.93. The maximum absolute atomic E-state index is 9.00. The number of amidine groups is 1. The van der Waals surface area contributed by atoms with Crippen molar-refractivity contribution in [3.05, 3.63) is 252 Å². The molecule has 15 rings (SSSR count). The third-order valence-electron chi connectivity index (χ3n) is 15.1. The van der Waals surface area contributed by atoms with Crippen molar-refractivity contribution >= 4 is 123 Å². The van der Waals surface area contributed by atoms with Crippen LogP contribution in [-0.4, -0.2) is 81.2 Å². The minimum absolute atomic E-state index is 0. The molecule has 2 aliphatic carbocycles. The normalized spacial score (nSPS) is 12.8. The van der Waals surface area contributed by atoms with Crippen molar-refractivity contribution < 1.29 is 198 Å². The number of carboxylic acid groups (broad SMARTS) is 4. The molecule has 19 nitrogen and oxygen atoms in total. The Morgan fingerprint density at radius 2 is 0.980 bits per heavy atom. The van der Waals surface area contributed by atoms with Gasteiger partial charge in [-0.3, -0.25) is 14.9 Å². The van der Waals surface area contributed by atoms with Crippen LogP contribution >= 0.6 is 27.4 Å². The van der Waals surface area contributed by atoms with Crippen molar-refractivity contribution in [3.63, 3.8) is 0 Å². The van der Waals surface area contributed by atoms with Crippen LogP contribution < -0.4 is 201 Å². The number of aryl methyl sites for hydroxylation is 2. The minimum Gasteiger partial charge on any atom is -0.565 e. The van der Waals surface area contributed by atoms with Crippen LogP contribution in [0.2, 0.25) is 5.28 Å². The fraction of sp³-hybridized carbons (Fsp3) is 0.187. The molecule has 2 saturated carbocycles. The van der Waals surface area contributed by atoms with Crippen LogP contribution in [0.1, 0.15) is 81.2 Å². The summed E-state index contributed by atoms with van der Waals surface area (Å²) in [6.07, 6.45) is 7.20. The second kappa shape index (κ2) is 40.9. The number of fused-ring (bicyclic) bond motifs is 4. The first-order valence-corrected chi connectivity index (χ1v) is 34.3. The van der Waals surface area contributed by atoms with Gasteiger partial charge in [-0.05, 0) is 112 Å². The van der Waals surface area contributed by atoms with E-state index in [9.17, 15) is 0 Å². The number of H-pyrrole nitrogens is 1. The Morgan fingerprint density at radius 3 is 1.41 bits per heavy atom. The van der Waals surface area contributed by atoms with Crippen LogP contribution in [0.3, 0.4) is 0 Å². The monoisotopic (exact) mass is 1730 g/mol. The van der Waals surface area contributed by atoms with Gasteiger partial charge in [-0.1, -0.05) is 202 Å². The van der Waals surface area contributed by atoms with E-state index >= 15 is 0 Å². The second-order valence-corrected chi connectivity index (χ2v) is 27.9. The number of aliphatic imine (C=N–C) groups is 1. The quantitative estimate of drug-likeness (QED) is 0.0349. The molecule has 3 aromatic heterocycles. The van der Waals surface area contributed by atoms with Gasteiger partial charge in [0.1, 0.15) is 29.0 Å². The summed E-state index contributed by atoms with van der Waals surface area (Å²) in [6.45, 7) is 10.8. The van der Waals surface area contributed by atoms with Gasteiger partial charge in [0.05, 0.1) is 16.7 Å². The number of aromatic amines is 1. The van der Waals surface area contributed by atoms with Gasteiger partial charge in [-0.2, -0.15) is 4.98 Å². The molecule has 9 N–H and O–H groups in total. The Labute approximate surface area is 721 Å². The maximum atomic E-state index is 9.00. The molecule has 4 aliphatic rings. The number of anilines is 4. The van der Waals surface area contributed by atoms with Gasteiger partial charge >= 0.3 is 138 Å². The average Bonchev–Trinajstić information content (AvgIpc) is 0.997. The summed E-state index contributed by atoms with van der Waals surface area (Å²) in [6, 6.07) is 74.2. The molecule has 0 amide bonds. The third kappa shape index (κ3) is 24.7. The first kappa shape index (κ1) is 83.1. The smallest absolute Gasteiger partial charge is 0.565 e. The number of nitrogens with zero attached hydrogens (tertiary/aromatic N) is 6. The number of ether oxygens (including phenoxy) is 1. The first-order valence-electron chi connectivity index (χ1n) is 31.2. The number of carbonyl (C=O) groups is 3. The summed E-state index contributed by atoms with van der Waals surface area (Å²) in [5.74, 6) is 4.04. The van der Waals surface area contributed by atoms with E-state index in [-0.39, 0.29) is 164 Å². The summed E-state index contributed by atoms with van der Waals surface area (Å²) in [5, 5.41) is 48.1. The van der Waals surface area contributed by atoms with E-state index in [4.69, 9.17) is 56.9 Å². The van der Waals surface area contributed by atoms with E-state index in [0.717, 1.165) is 77.1 Å². The molecule has 0 spiro atoms. The standard InChI is InChI=1S/C39H32OP2.C15H16N6.C8H10ClN3.C8H8N2.2C2H4O2.CH2O3.2Cs.Pd/c1-39(2)33-25-15-27-35(41(29-17-7-3-8-18-29)30-19-9-4-10-20-30)37(33)40-38-34(39)26-16-28-36(38)42(31-21-11-5-12-22-31)32-23-13-6-14-24-32;1-9-8-16-14(20-13(9)17-10-6-7-10)21-15-18-11-4-2-3-5-12(11)19-15;1-5-4-10-8(9)12-7(5)11-6-2-3-6;9-8-5-6-3-1-2-4-7(6)10-8;2*1-2(3)4;2-1(3)4;;;/h3-28H,1-2H3;2-5,8,10H,6-7H2,1H3,(H3,16,17,18,19,20,21);4,6H,2-3H2,1H3,(H,10,11,12);1-4H,5H2,(H2,9,10);2*1H3,(H,3,4);(H2,2,3,4);;;/q;;;;;;;2*+1;/p-1. The van der Waals surface area contributed by atoms with Gasteiger partial charge < -0.3 is 51.3 Å². The molecule has 2 fully saturated rings. The zero-order chi connectivity index (χ0) is 69.0. The Balaban J connectivity index is 0.000000224. The summed E-state index contributed by atoms with van der Waals surface area (Å²) < 4.78 is 7.26. The van der Waals surface area contributed by atoms with E-state index in [1.165, 1.54) is 74.2 Å². The molecule has 25 heteroatoms. The first-order chi connectivity index (χ1) is 46.7. The molecular formula is C75H75ClCs2N11O8P2Pd+. The van der Waals surface area contributed by atoms with Gasteiger partial charge in [0.15, 0.2) is 0 Å². The zero-order valence-electron chi connectivity index (χ0n) is 56.7. The molecule has 0 radical (unpaired) electrons. The molecule has 0 bridgehead atoms. The van der Waals surface area contributed by atoms with Crippen LogP contribution in [0.25, 0.3) is 11.0 Å². The topological polar surface area (TPSA) is 299 Å². The van der Waals surface area contributed by atoms with E-state index in [1.54, 1.807) is 6.20 Å². The number of rotatable bonds is 12. The van der Waals surface area contributed by atoms with E-state index in [0.29, 0.717) is 29.3 Å². The van der Waals surface area contributed by atoms with Crippen molar-refractivity contribution in [1.29, 1.82) is 0 Å². The molecular weight excluding hydrogens is 1650 g/mol. The Morgan fingerprint density at radius 1 is 0.580 bits per heavy atom. The molecule has 100 heavy (non-hydrogen) atoms. The number of para-hydroxylation sites is 5. The number of imidazole rings is 1. The summed E-state index contributed by atoms with van der Waals surface area (Å²) >= 11 is 5.66.